The van der Waals surface area contributed by atoms with Crippen molar-refractivity contribution in [3.63, 3.8) is 0 Å². The van der Waals surface area contributed by atoms with Gasteiger partial charge in [0.2, 0.25) is 0 Å². The zero-order chi connectivity index (χ0) is 19.6. The molecule has 0 amide bonds. The number of aromatic nitrogens is 4. The van der Waals surface area contributed by atoms with E-state index in [0.29, 0.717) is 17.7 Å². The average molecular weight is 386 g/mol. The van der Waals surface area contributed by atoms with Gasteiger partial charge in [-0.3, -0.25) is 4.90 Å². The molecular weight excluding hydrogens is 364 g/mol. The Labute approximate surface area is 169 Å². The van der Waals surface area contributed by atoms with E-state index in [0.717, 1.165) is 25.3 Å². The predicted molar refractivity (Wildman–Crippen MR) is 110 cm³/mol. The predicted octanol–water partition coefficient (Wildman–Crippen LogP) is 2.56. The SMILES string of the molecule is N#Cc1cnc(Nc2cn(-c3cccc(N4CCN5CCC[C@H]5C4)c3)cn2)cn1. The van der Waals surface area contributed by atoms with Crippen LogP contribution in [-0.2, 0) is 0 Å². The minimum absolute atomic E-state index is 0.288. The number of fused-ring (bicyclic) bond motifs is 1. The van der Waals surface area contributed by atoms with Gasteiger partial charge in [0.1, 0.15) is 24.0 Å². The molecular formula is C21H22N8. The van der Waals surface area contributed by atoms with Gasteiger partial charge in [0, 0.05) is 37.1 Å². The van der Waals surface area contributed by atoms with Gasteiger partial charge < -0.3 is 14.8 Å². The highest BCUT2D eigenvalue weighted by Gasteiger charge is 2.30. The molecule has 2 aliphatic heterocycles. The lowest BCUT2D eigenvalue weighted by Gasteiger charge is -2.39. The molecule has 0 spiro atoms. The zero-order valence-corrected chi connectivity index (χ0v) is 16.1. The van der Waals surface area contributed by atoms with Gasteiger partial charge >= 0.3 is 0 Å². The quantitative estimate of drug-likeness (QED) is 0.737. The lowest BCUT2D eigenvalue weighted by molar-refractivity contribution is 0.231. The van der Waals surface area contributed by atoms with Gasteiger partial charge in [0.15, 0.2) is 5.69 Å². The Bertz CT molecular complexity index is 1040. The third-order valence-corrected chi connectivity index (χ3v) is 5.69. The van der Waals surface area contributed by atoms with Crippen molar-refractivity contribution in [2.45, 2.75) is 18.9 Å². The Morgan fingerprint density at radius 1 is 1.03 bits per heavy atom. The fourth-order valence-corrected chi connectivity index (χ4v) is 4.19. The van der Waals surface area contributed by atoms with Crippen LogP contribution in [-0.4, -0.2) is 56.6 Å². The van der Waals surface area contributed by atoms with Crippen LogP contribution in [0, 0.1) is 11.3 Å². The van der Waals surface area contributed by atoms with Crippen molar-refractivity contribution in [2.75, 3.05) is 36.4 Å². The summed E-state index contributed by atoms with van der Waals surface area (Å²) in [7, 11) is 0. The van der Waals surface area contributed by atoms with Gasteiger partial charge in [-0.25, -0.2) is 15.0 Å². The lowest BCUT2D eigenvalue weighted by Crippen LogP contribution is -2.50. The summed E-state index contributed by atoms with van der Waals surface area (Å²) < 4.78 is 1.99. The van der Waals surface area contributed by atoms with Crippen molar-refractivity contribution in [3.8, 4) is 11.8 Å². The molecule has 8 heteroatoms. The molecule has 8 nitrogen and oxygen atoms in total. The summed E-state index contributed by atoms with van der Waals surface area (Å²) in [6.07, 6.45) is 9.31. The third-order valence-electron chi connectivity index (χ3n) is 5.69. The number of imidazole rings is 1. The second kappa shape index (κ2) is 7.53. The molecule has 2 aliphatic rings. The largest absolute Gasteiger partial charge is 0.369 e. The number of nitrogens with zero attached hydrogens (tertiary/aromatic N) is 7. The van der Waals surface area contributed by atoms with Crippen LogP contribution in [0.1, 0.15) is 18.5 Å². The maximum Gasteiger partial charge on any atom is 0.158 e. The number of piperazine rings is 1. The summed E-state index contributed by atoms with van der Waals surface area (Å²) in [6, 6.07) is 11.3. The first-order valence-electron chi connectivity index (χ1n) is 9.91. The molecule has 29 heavy (non-hydrogen) atoms. The molecule has 2 fully saturated rings. The number of hydrogen-bond acceptors (Lipinski definition) is 7. The van der Waals surface area contributed by atoms with Gasteiger partial charge in [-0.05, 0) is 37.6 Å². The number of anilines is 3. The Morgan fingerprint density at radius 2 is 1.97 bits per heavy atom. The molecule has 5 rings (SSSR count). The van der Waals surface area contributed by atoms with Crippen LogP contribution >= 0.6 is 0 Å². The summed E-state index contributed by atoms with van der Waals surface area (Å²) in [5, 5.41) is 11.9. The smallest absolute Gasteiger partial charge is 0.158 e. The van der Waals surface area contributed by atoms with Gasteiger partial charge in [-0.15, -0.1) is 0 Å². The van der Waals surface area contributed by atoms with Crippen LogP contribution in [0.2, 0.25) is 0 Å². The van der Waals surface area contributed by atoms with E-state index in [9.17, 15) is 0 Å². The van der Waals surface area contributed by atoms with Crippen molar-refractivity contribution in [2.24, 2.45) is 0 Å². The van der Waals surface area contributed by atoms with E-state index in [1.54, 1.807) is 6.33 Å². The van der Waals surface area contributed by atoms with Crippen LogP contribution in [0.15, 0.2) is 49.2 Å². The topological polar surface area (TPSA) is 85.9 Å². The average Bonchev–Trinajstić information content (AvgIpc) is 3.43. The van der Waals surface area contributed by atoms with E-state index in [2.05, 4.69) is 54.3 Å². The summed E-state index contributed by atoms with van der Waals surface area (Å²) in [6.45, 7) is 4.60. The first-order valence-corrected chi connectivity index (χ1v) is 9.91. The second-order valence-electron chi connectivity index (χ2n) is 7.49. The molecule has 3 aromatic rings. The minimum Gasteiger partial charge on any atom is -0.369 e. The number of rotatable bonds is 4. The van der Waals surface area contributed by atoms with Gasteiger partial charge in [0.25, 0.3) is 0 Å². The summed E-state index contributed by atoms with van der Waals surface area (Å²) >= 11 is 0. The van der Waals surface area contributed by atoms with Gasteiger partial charge in [-0.1, -0.05) is 6.07 Å². The number of hydrogen-bond donors (Lipinski definition) is 1. The highest BCUT2D eigenvalue weighted by Crippen LogP contribution is 2.27. The van der Waals surface area contributed by atoms with Gasteiger partial charge in [-0.2, -0.15) is 5.26 Å². The molecule has 1 atom stereocenters. The highest BCUT2D eigenvalue weighted by molar-refractivity contribution is 5.56. The molecule has 0 unspecified atom stereocenters. The molecule has 0 bridgehead atoms. The monoisotopic (exact) mass is 386 g/mol. The molecule has 1 aromatic carbocycles. The highest BCUT2D eigenvalue weighted by atomic mass is 15.3. The Hall–Kier alpha value is -3.44. The zero-order valence-electron chi connectivity index (χ0n) is 16.1. The third kappa shape index (κ3) is 3.65. The fraction of sp³-hybridized carbons (Fsp3) is 0.333. The number of nitrogens with one attached hydrogen (secondary N) is 1. The standard InChI is InChI=1S/C21H22N8/c22-10-16-11-24-20(12-23-16)26-21-14-29(15-25-21)18-4-1-3-17(9-18)28-8-7-27-6-2-5-19(27)13-28/h1,3-4,9,11-12,14-15,19H,2,5-8,13H2,(H,24,26)/t19-/m0/s1. The van der Waals surface area contributed by atoms with Crippen molar-refractivity contribution in [1.82, 2.24) is 24.4 Å². The molecule has 1 N–H and O–H groups in total. The first kappa shape index (κ1) is 17.6. The molecule has 2 saturated heterocycles. The molecule has 2 aromatic heterocycles. The molecule has 0 aliphatic carbocycles. The van der Waals surface area contributed by atoms with Crippen LogP contribution in [0.25, 0.3) is 5.69 Å². The Balaban J connectivity index is 1.31. The van der Waals surface area contributed by atoms with E-state index >= 15 is 0 Å². The molecule has 0 radical (unpaired) electrons. The maximum atomic E-state index is 8.81. The summed E-state index contributed by atoms with van der Waals surface area (Å²) in [5.74, 6) is 1.23. The second-order valence-corrected chi connectivity index (χ2v) is 7.49. The summed E-state index contributed by atoms with van der Waals surface area (Å²) in [5.41, 5.74) is 2.62. The molecule has 146 valence electrons. The maximum absolute atomic E-state index is 8.81. The van der Waals surface area contributed by atoms with Crippen molar-refractivity contribution in [3.05, 3.63) is 54.9 Å². The van der Waals surface area contributed by atoms with E-state index in [-0.39, 0.29) is 5.69 Å². The van der Waals surface area contributed by atoms with Crippen LogP contribution < -0.4 is 10.2 Å². The fourth-order valence-electron chi connectivity index (χ4n) is 4.19. The lowest BCUT2D eigenvalue weighted by atomic mass is 10.1. The molecule has 4 heterocycles. The van der Waals surface area contributed by atoms with E-state index in [4.69, 9.17) is 5.26 Å². The van der Waals surface area contributed by atoms with Crippen molar-refractivity contribution in [1.29, 1.82) is 5.26 Å². The van der Waals surface area contributed by atoms with Crippen LogP contribution in [0.3, 0.4) is 0 Å². The minimum atomic E-state index is 0.288. The number of benzene rings is 1. The van der Waals surface area contributed by atoms with Crippen LogP contribution in [0.4, 0.5) is 17.3 Å². The number of nitriles is 1. The Kier molecular flexibility index (Phi) is 4.58. The van der Waals surface area contributed by atoms with Crippen LogP contribution in [0.5, 0.6) is 0 Å². The normalized spacial score (nSPS) is 19.0. The van der Waals surface area contributed by atoms with E-state index in [1.165, 1.54) is 37.5 Å². The van der Waals surface area contributed by atoms with Gasteiger partial charge in [0.05, 0.1) is 18.6 Å². The van der Waals surface area contributed by atoms with E-state index in [1.807, 2.05) is 16.8 Å². The Morgan fingerprint density at radius 3 is 2.83 bits per heavy atom. The first-order chi connectivity index (χ1) is 14.3. The molecule has 0 saturated carbocycles. The van der Waals surface area contributed by atoms with Crippen molar-refractivity contribution >= 4 is 17.3 Å². The van der Waals surface area contributed by atoms with Crippen molar-refractivity contribution < 1.29 is 0 Å². The van der Waals surface area contributed by atoms with E-state index < -0.39 is 0 Å². The summed E-state index contributed by atoms with van der Waals surface area (Å²) in [4.78, 5) is 17.7.